The maximum Gasteiger partial charge on any atom is 0.182 e. The minimum Gasteiger partial charge on any atom is -0.395 e. The zero-order chi connectivity index (χ0) is 26.5. The van der Waals surface area contributed by atoms with Crippen molar-refractivity contribution in [3.05, 3.63) is 90.9 Å². The van der Waals surface area contributed by atoms with Gasteiger partial charge in [0.1, 0.15) is 11.6 Å². The molecule has 5 aromatic rings. The van der Waals surface area contributed by atoms with E-state index in [9.17, 15) is 19.0 Å². The summed E-state index contributed by atoms with van der Waals surface area (Å²) in [6, 6.07) is 16.2. The van der Waals surface area contributed by atoms with Crippen molar-refractivity contribution in [3.8, 4) is 33.5 Å². The monoisotopic (exact) mass is 515 g/mol. The van der Waals surface area contributed by atoms with Gasteiger partial charge >= 0.3 is 0 Å². The van der Waals surface area contributed by atoms with Crippen molar-refractivity contribution < 1.29 is 19.0 Å². The van der Waals surface area contributed by atoms with Gasteiger partial charge in [0.2, 0.25) is 0 Å². The zero-order valence-corrected chi connectivity index (χ0v) is 20.6. The van der Waals surface area contributed by atoms with Gasteiger partial charge < -0.3 is 10.2 Å². The molecule has 194 valence electrons. The van der Waals surface area contributed by atoms with E-state index in [0.717, 1.165) is 33.2 Å². The number of pyridine rings is 2. The Hall–Kier alpha value is -4.05. The second-order valence-electron chi connectivity index (χ2n) is 8.88. The lowest BCUT2D eigenvalue weighted by molar-refractivity contribution is 0.156. The van der Waals surface area contributed by atoms with Crippen molar-refractivity contribution >= 4 is 11.0 Å². The molecular weight excluding hydrogens is 488 g/mol. The number of hydrogen-bond donors (Lipinski definition) is 2. The molecule has 5 rings (SSSR count). The van der Waals surface area contributed by atoms with Crippen molar-refractivity contribution in [2.75, 3.05) is 32.8 Å². The molecular formula is C29H27F2N5O2. The number of rotatable bonds is 10. The molecule has 0 saturated carbocycles. The van der Waals surface area contributed by atoms with Crippen LogP contribution in [0, 0.1) is 11.6 Å². The predicted octanol–water partition coefficient (Wildman–Crippen LogP) is 4.39. The summed E-state index contributed by atoms with van der Waals surface area (Å²) in [6.45, 7) is 1.96. The van der Waals surface area contributed by atoms with Crippen LogP contribution in [0.2, 0.25) is 0 Å². The number of benzene rings is 2. The quantitative estimate of drug-likeness (QED) is 0.287. The molecule has 7 nitrogen and oxygen atoms in total. The molecule has 9 heteroatoms. The van der Waals surface area contributed by atoms with E-state index < -0.39 is 0 Å². The maximum atomic E-state index is 13.9. The Bertz CT molecular complexity index is 1500. The highest BCUT2D eigenvalue weighted by molar-refractivity contribution is 6.05. The third-order valence-electron chi connectivity index (χ3n) is 6.41. The van der Waals surface area contributed by atoms with Crippen LogP contribution in [0.5, 0.6) is 0 Å². The van der Waals surface area contributed by atoms with Crippen LogP contribution in [-0.2, 0) is 6.54 Å². The first-order valence-electron chi connectivity index (χ1n) is 12.3. The second-order valence-corrected chi connectivity index (χ2v) is 8.88. The second kappa shape index (κ2) is 11.6. The normalized spacial score (nSPS) is 11.5. The molecule has 0 aliphatic rings. The third-order valence-corrected chi connectivity index (χ3v) is 6.41. The lowest BCUT2D eigenvalue weighted by Gasteiger charge is -2.19. The van der Waals surface area contributed by atoms with Gasteiger partial charge in [-0.25, -0.2) is 13.8 Å². The Morgan fingerprint density at radius 1 is 0.711 bits per heavy atom. The molecule has 2 aromatic carbocycles. The molecule has 0 amide bonds. The van der Waals surface area contributed by atoms with E-state index in [2.05, 4.69) is 4.98 Å². The summed E-state index contributed by atoms with van der Waals surface area (Å²) in [5.41, 5.74) is 5.12. The average Bonchev–Trinajstić information content (AvgIpc) is 3.35. The molecule has 3 heterocycles. The van der Waals surface area contributed by atoms with E-state index in [-0.39, 0.29) is 24.8 Å². The molecule has 0 aliphatic carbocycles. The van der Waals surface area contributed by atoms with E-state index >= 15 is 0 Å². The van der Waals surface area contributed by atoms with Crippen molar-refractivity contribution in [2.45, 2.75) is 6.54 Å². The minimum absolute atomic E-state index is 0.00627. The van der Waals surface area contributed by atoms with Crippen molar-refractivity contribution in [1.29, 1.82) is 0 Å². The molecule has 38 heavy (non-hydrogen) atoms. The lowest BCUT2D eigenvalue weighted by Crippen LogP contribution is -2.32. The summed E-state index contributed by atoms with van der Waals surface area (Å²) in [7, 11) is 0. The van der Waals surface area contributed by atoms with E-state index in [0.29, 0.717) is 37.5 Å². The summed E-state index contributed by atoms with van der Waals surface area (Å²) in [6.07, 6.45) is 5.31. The fraction of sp³-hybridized carbons (Fsp3) is 0.207. The summed E-state index contributed by atoms with van der Waals surface area (Å²) < 4.78 is 29.5. The van der Waals surface area contributed by atoms with Crippen LogP contribution < -0.4 is 0 Å². The molecule has 0 radical (unpaired) electrons. The Morgan fingerprint density at radius 2 is 1.29 bits per heavy atom. The van der Waals surface area contributed by atoms with Crippen LogP contribution in [0.25, 0.3) is 44.5 Å². The van der Waals surface area contributed by atoms with Crippen LogP contribution in [0.15, 0.2) is 79.3 Å². The Morgan fingerprint density at radius 3 is 1.89 bits per heavy atom. The topological polar surface area (TPSA) is 87.3 Å². The maximum absolute atomic E-state index is 13.9. The highest BCUT2D eigenvalue weighted by Gasteiger charge is 2.22. The summed E-state index contributed by atoms with van der Waals surface area (Å²) in [5.74, 6) is -0.689. The van der Waals surface area contributed by atoms with E-state index in [4.69, 9.17) is 10.1 Å². The van der Waals surface area contributed by atoms with Crippen LogP contribution in [-0.4, -0.2) is 67.7 Å². The zero-order valence-electron chi connectivity index (χ0n) is 20.6. The van der Waals surface area contributed by atoms with Gasteiger partial charge in [0, 0.05) is 60.3 Å². The first kappa shape index (κ1) is 25.6. The average molecular weight is 516 g/mol. The molecule has 0 unspecified atom stereocenters. The molecule has 0 spiro atoms. The molecule has 0 atom stereocenters. The van der Waals surface area contributed by atoms with Gasteiger partial charge in [-0.3, -0.25) is 14.6 Å². The highest BCUT2D eigenvalue weighted by atomic mass is 19.1. The minimum atomic E-state index is -0.348. The number of aliphatic hydroxyl groups is 2. The summed E-state index contributed by atoms with van der Waals surface area (Å²) >= 11 is 0. The van der Waals surface area contributed by atoms with Gasteiger partial charge in [-0.1, -0.05) is 12.1 Å². The first-order chi connectivity index (χ1) is 18.6. The SMILES string of the molecule is OCCN(CCO)CCn1cc2c(-c3ccc(F)cc3)c(-c3ccncc3)c(-c3ccc(F)cc3)nc2n1. The lowest BCUT2D eigenvalue weighted by atomic mass is 9.90. The molecule has 0 saturated heterocycles. The van der Waals surface area contributed by atoms with Gasteiger partial charge in [-0.15, -0.1) is 0 Å². The fourth-order valence-electron chi connectivity index (χ4n) is 4.59. The number of halogens is 2. The van der Waals surface area contributed by atoms with Gasteiger partial charge in [0.15, 0.2) is 5.65 Å². The van der Waals surface area contributed by atoms with Crippen molar-refractivity contribution in [2.24, 2.45) is 0 Å². The number of aliphatic hydroxyl groups excluding tert-OH is 2. The van der Waals surface area contributed by atoms with Gasteiger partial charge in [0.05, 0.1) is 25.5 Å². The number of hydrogen-bond acceptors (Lipinski definition) is 6. The van der Waals surface area contributed by atoms with E-state index in [1.165, 1.54) is 24.3 Å². The number of fused-ring (bicyclic) bond motifs is 1. The van der Waals surface area contributed by atoms with Crippen LogP contribution in [0.1, 0.15) is 0 Å². The van der Waals surface area contributed by atoms with E-state index in [1.807, 2.05) is 23.2 Å². The molecule has 3 aromatic heterocycles. The Labute approximate surface area is 218 Å². The van der Waals surface area contributed by atoms with Gasteiger partial charge in [-0.05, 0) is 59.7 Å². The van der Waals surface area contributed by atoms with Crippen LogP contribution in [0.3, 0.4) is 0 Å². The summed E-state index contributed by atoms with van der Waals surface area (Å²) in [5, 5.41) is 24.2. The number of aromatic nitrogens is 4. The van der Waals surface area contributed by atoms with Gasteiger partial charge in [0.25, 0.3) is 0 Å². The first-order valence-corrected chi connectivity index (χ1v) is 12.3. The Kier molecular flexibility index (Phi) is 7.78. The molecule has 0 aliphatic heterocycles. The largest absolute Gasteiger partial charge is 0.395 e. The third kappa shape index (κ3) is 5.45. The standard InChI is InChI=1S/C29H27F2N5O2/c30-23-5-1-20(2-6-23)26-25-19-36(14-13-35(15-17-37)16-18-38)34-29(25)33-28(22-3-7-24(31)8-4-22)27(26)21-9-11-32-12-10-21/h1-12,19,37-38H,13-18H2. The Balaban J connectivity index is 1.73. The smallest absolute Gasteiger partial charge is 0.182 e. The predicted molar refractivity (Wildman–Crippen MR) is 142 cm³/mol. The summed E-state index contributed by atoms with van der Waals surface area (Å²) in [4.78, 5) is 11.0. The number of nitrogens with zero attached hydrogens (tertiary/aromatic N) is 5. The molecule has 0 fully saturated rings. The van der Waals surface area contributed by atoms with E-state index in [1.54, 1.807) is 41.3 Å². The highest BCUT2D eigenvalue weighted by Crippen LogP contribution is 2.42. The van der Waals surface area contributed by atoms with Crippen molar-refractivity contribution in [3.63, 3.8) is 0 Å². The molecule has 0 bridgehead atoms. The van der Waals surface area contributed by atoms with Gasteiger partial charge in [-0.2, -0.15) is 5.10 Å². The van der Waals surface area contributed by atoms with Crippen LogP contribution >= 0.6 is 0 Å². The fourth-order valence-corrected chi connectivity index (χ4v) is 4.59. The van der Waals surface area contributed by atoms with Crippen LogP contribution in [0.4, 0.5) is 8.78 Å². The van der Waals surface area contributed by atoms with Crippen molar-refractivity contribution in [1.82, 2.24) is 24.6 Å². The molecule has 2 N–H and O–H groups in total.